The van der Waals surface area contributed by atoms with Gasteiger partial charge in [0, 0.05) is 31.7 Å². The van der Waals surface area contributed by atoms with Crippen molar-refractivity contribution in [3.63, 3.8) is 0 Å². The van der Waals surface area contributed by atoms with Crippen LogP contribution in [0.3, 0.4) is 0 Å². The van der Waals surface area contributed by atoms with Crippen LogP contribution in [0.2, 0.25) is 0 Å². The van der Waals surface area contributed by atoms with Crippen LogP contribution in [0.15, 0.2) is 0 Å². The van der Waals surface area contributed by atoms with E-state index >= 15 is 0 Å². The summed E-state index contributed by atoms with van der Waals surface area (Å²) in [6.45, 7) is 8.25. The van der Waals surface area contributed by atoms with E-state index in [-0.39, 0.29) is 6.04 Å². The van der Waals surface area contributed by atoms with E-state index in [1.54, 1.807) is 0 Å². The lowest BCUT2D eigenvalue weighted by Gasteiger charge is -2.28. The largest absolute Gasteiger partial charge is 0.318 e. The number of nitrogens with one attached hydrogen (secondary N) is 2. The molecule has 2 atom stereocenters. The van der Waals surface area contributed by atoms with Crippen LogP contribution in [0.25, 0.3) is 0 Å². The fourth-order valence-corrected chi connectivity index (χ4v) is 2.21. The molecule has 16 heavy (non-hydrogen) atoms. The molecule has 1 fully saturated rings. The Kier molecular flexibility index (Phi) is 6.24. The highest BCUT2D eigenvalue weighted by Crippen LogP contribution is 2.15. The molecule has 0 radical (unpaired) electrons. The van der Waals surface area contributed by atoms with E-state index in [1.165, 1.54) is 0 Å². The first-order valence-electron chi connectivity index (χ1n) is 6.41. The molecule has 0 aliphatic carbocycles. The van der Waals surface area contributed by atoms with Crippen molar-refractivity contribution in [3.8, 4) is 0 Å². The molecule has 2 unspecified atom stereocenters. The van der Waals surface area contributed by atoms with Gasteiger partial charge in [-0.25, -0.2) is 4.39 Å². The van der Waals surface area contributed by atoms with Crippen LogP contribution in [0.1, 0.15) is 26.7 Å². The van der Waals surface area contributed by atoms with Gasteiger partial charge in [0.1, 0.15) is 6.17 Å². The molecule has 1 aliphatic heterocycles. The normalized spacial score (nSPS) is 25.9. The fraction of sp³-hybridized carbons (Fsp3) is 1.00. The number of halogens is 1. The van der Waals surface area contributed by atoms with Crippen LogP contribution in [0, 0.1) is 0 Å². The monoisotopic (exact) mass is 231 g/mol. The zero-order chi connectivity index (χ0) is 12.0. The Balaban J connectivity index is 2.25. The van der Waals surface area contributed by atoms with E-state index in [9.17, 15) is 4.39 Å². The molecular formula is C12H26FN3. The summed E-state index contributed by atoms with van der Waals surface area (Å²) in [5.74, 6) is 0. The summed E-state index contributed by atoms with van der Waals surface area (Å²) >= 11 is 0. The number of nitrogens with zero attached hydrogens (tertiary/aromatic N) is 1. The van der Waals surface area contributed by atoms with Gasteiger partial charge in [0.05, 0.1) is 0 Å². The van der Waals surface area contributed by atoms with Gasteiger partial charge in [-0.15, -0.1) is 0 Å². The molecule has 0 bridgehead atoms. The zero-order valence-electron chi connectivity index (χ0n) is 10.8. The van der Waals surface area contributed by atoms with Crippen LogP contribution < -0.4 is 10.6 Å². The van der Waals surface area contributed by atoms with Crippen molar-refractivity contribution in [1.82, 2.24) is 15.5 Å². The second-order valence-electron chi connectivity index (χ2n) is 4.89. The number of hydrogen-bond acceptors (Lipinski definition) is 3. The molecule has 1 aliphatic rings. The van der Waals surface area contributed by atoms with Gasteiger partial charge in [0.2, 0.25) is 0 Å². The molecule has 0 aromatic heterocycles. The highest BCUT2D eigenvalue weighted by molar-refractivity contribution is 4.84. The third kappa shape index (κ3) is 4.36. The molecule has 0 amide bonds. The minimum atomic E-state index is -0.640. The van der Waals surface area contributed by atoms with E-state index in [0.717, 1.165) is 32.6 Å². The van der Waals surface area contributed by atoms with Gasteiger partial charge < -0.3 is 10.6 Å². The second kappa shape index (κ2) is 7.20. The van der Waals surface area contributed by atoms with Gasteiger partial charge in [-0.1, -0.05) is 0 Å². The third-order valence-corrected chi connectivity index (χ3v) is 3.37. The van der Waals surface area contributed by atoms with Gasteiger partial charge >= 0.3 is 0 Å². The molecule has 1 rings (SSSR count). The van der Waals surface area contributed by atoms with E-state index in [4.69, 9.17) is 0 Å². The molecule has 3 nitrogen and oxygen atoms in total. The molecule has 0 saturated carbocycles. The first-order chi connectivity index (χ1) is 7.65. The van der Waals surface area contributed by atoms with Crippen LogP contribution in [-0.2, 0) is 0 Å². The molecule has 96 valence electrons. The van der Waals surface area contributed by atoms with E-state index < -0.39 is 6.17 Å². The summed E-state index contributed by atoms with van der Waals surface area (Å²) in [6, 6.07) is 0.614. The Morgan fingerprint density at radius 1 is 1.44 bits per heavy atom. The first kappa shape index (κ1) is 13.9. The van der Waals surface area contributed by atoms with E-state index in [2.05, 4.69) is 29.4 Å². The van der Waals surface area contributed by atoms with Crippen LogP contribution in [0.4, 0.5) is 4.39 Å². The molecule has 2 N–H and O–H groups in total. The van der Waals surface area contributed by atoms with Gasteiger partial charge in [0.25, 0.3) is 0 Å². The van der Waals surface area contributed by atoms with Crippen molar-refractivity contribution in [2.75, 3.05) is 33.2 Å². The SMILES string of the molecule is CNCCN(CCC1NCCC1F)C(C)C. The van der Waals surface area contributed by atoms with Crippen molar-refractivity contribution in [3.05, 3.63) is 0 Å². The molecule has 0 aromatic rings. The summed E-state index contributed by atoms with van der Waals surface area (Å²) < 4.78 is 13.4. The zero-order valence-corrected chi connectivity index (χ0v) is 10.8. The summed E-state index contributed by atoms with van der Waals surface area (Å²) in [6.07, 6.45) is 0.963. The summed E-state index contributed by atoms with van der Waals surface area (Å²) in [5.41, 5.74) is 0. The Labute approximate surface area is 98.8 Å². The standard InChI is InChI=1S/C12H26FN3/c1-10(2)16(9-7-14-3)8-5-12-11(13)4-6-15-12/h10-12,14-15H,4-9H2,1-3H3. The molecule has 1 heterocycles. The predicted octanol–water partition coefficient (Wildman–Crippen LogP) is 1.01. The maximum atomic E-state index is 13.4. The molecule has 1 saturated heterocycles. The van der Waals surface area contributed by atoms with Gasteiger partial charge in [-0.05, 0) is 40.3 Å². The van der Waals surface area contributed by atoms with Crippen molar-refractivity contribution >= 4 is 0 Å². The van der Waals surface area contributed by atoms with Gasteiger partial charge in [-0.3, -0.25) is 4.90 Å². The van der Waals surface area contributed by atoms with E-state index in [0.29, 0.717) is 12.5 Å². The maximum Gasteiger partial charge on any atom is 0.117 e. The van der Waals surface area contributed by atoms with Crippen molar-refractivity contribution in [2.45, 2.75) is 44.9 Å². The van der Waals surface area contributed by atoms with Crippen molar-refractivity contribution < 1.29 is 4.39 Å². The average Bonchev–Trinajstić information content (AvgIpc) is 2.64. The number of alkyl halides is 1. The van der Waals surface area contributed by atoms with Crippen LogP contribution in [-0.4, -0.2) is 56.4 Å². The lowest BCUT2D eigenvalue weighted by Crippen LogP contribution is -2.40. The van der Waals surface area contributed by atoms with Gasteiger partial charge in [-0.2, -0.15) is 0 Å². The lowest BCUT2D eigenvalue weighted by molar-refractivity contribution is 0.197. The number of rotatable bonds is 7. The van der Waals surface area contributed by atoms with E-state index in [1.807, 2.05) is 7.05 Å². The smallest absolute Gasteiger partial charge is 0.117 e. The fourth-order valence-electron chi connectivity index (χ4n) is 2.21. The quantitative estimate of drug-likeness (QED) is 0.685. The molecule has 4 heteroatoms. The molecule has 0 spiro atoms. The highest BCUT2D eigenvalue weighted by atomic mass is 19.1. The van der Waals surface area contributed by atoms with Crippen LogP contribution >= 0.6 is 0 Å². The average molecular weight is 231 g/mol. The Hall–Kier alpha value is -0.190. The van der Waals surface area contributed by atoms with Crippen molar-refractivity contribution in [1.29, 1.82) is 0 Å². The molecular weight excluding hydrogens is 205 g/mol. The topological polar surface area (TPSA) is 27.3 Å². The number of likely N-dealkylation sites (N-methyl/N-ethyl adjacent to an activating group) is 1. The lowest BCUT2D eigenvalue weighted by atomic mass is 10.1. The Bertz CT molecular complexity index is 187. The Morgan fingerprint density at radius 2 is 2.19 bits per heavy atom. The Morgan fingerprint density at radius 3 is 2.69 bits per heavy atom. The maximum absolute atomic E-state index is 13.4. The second-order valence-corrected chi connectivity index (χ2v) is 4.89. The highest BCUT2D eigenvalue weighted by Gasteiger charge is 2.26. The summed E-state index contributed by atoms with van der Waals surface area (Å²) in [4.78, 5) is 2.41. The van der Waals surface area contributed by atoms with Gasteiger partial charge in [0.15, 0.2) is 0 Å². The minimum Gasteiger partial charge on any atom is -0.318 e. The molecule has 0 aromatic carbocycles. The number of hydrogen-bond donors (Lipinski definition) is 2. The van der Waals surface area contributed by atoms with Crippen molar-refractivity contribution in [2.24, 2.45) is 0 Å². The first-order valence-corrected chi connectivity index (χ1v) is 6.41. The summed E-state index contributed by atoms with van der Waals surface area (Å²) in [5, 5.41) is 6.40. The predicted molar refractivity (Wildman–Crippen MR) is 66.6 cm³/mol. The van der Waals surface area contributed by atoms with Crippen LogP contribution in [0.5, 0.6) is 0 Å². The summed E-state index contributed by atoms with van der Waals surface area (Å²) in [7, 11) is 1.97. The minimum absolute atomic E-state index is 0.0795. The third-order valence-electron chi connectivity index (χ3n) is 3.37.